The van der Waals surface area contributed by atoms with E-state index in [9.17, 15) is 0 Å². The van der Waals surface area contributed by atoms with Crippen molar-refractivity contribution in [3.63, 3.8) is 0 Å². The third kappa shape index (κ3) is 13.3. The van der Waals surface area contributed by atoms with Crippen LogP contribution in [0.25, 0.3) is 86.2 Å². The Morgan fingerprint density at radius 2 is 0.472 bits per heavy atom. The molecule has 13 heteroatoms. The molecule has 0 radical (unpaired) electrons. The molecule has 17 aromatic rings. The summed E-state index contributed by atoms with van der Waals surface area (Å²) in [5.41, 5.74) is 0.405. The average Bonchev–Trinajstić information content (AvgIpc) is 1.05. The highest BCUT2D eigenvalue weighted by atomic mass is 16.7. The first-order valence-corrected chi connectivity index (χ1v) is 35.8. The second-order valence-electron chi connectivity index (χ2n) is 27.1. The van der Waals surface area contributed by atoms with Crippen molar-refractivity contribution in [1.29, 1.82) is 0 Å². The summed E-state index contributed by atoms with van der Waals surface area (Å²) in [7, 11) is 0. The maximum absolute atomic E-state index is 7.55. The monoisotopic (exact) mass is 1390 g/mol. The summed E-state index contributed by atoms with van der Waals surface area (Å²) in [6, 6.07) is 114. The van der Waals surface area contributed by atoms with E-state index >= 15 is 0 Å². The van der Waals surface area contributed by atoms with Crippen LogP contribution in [0, 0.1) is 0 Å². The summed E-state index contributed by atoms with van der Waals surface area (Å²) >= 11 is 0. The van der Waals surface area contributed by atoms with Crippen LogP contribution < -0.4 is 37.9 Å². The molecule has 516 valence electrons. The van der Waals surface area contributed by atoms with Crippen LogP contribution in [0.2, 0.25) is 0 Å². The molecule has 19 rings (SSSR count). The van der Waals surface area contributed by atoms with Gasteiger partial charge in [0.15, 0.2) is 24.4 Å². The molecule has 2 aliphatic rings. The zero-order valence-corrected chi connectivity index (χ0v) is 57.3. The quantitative estimate of drug-likeness (QED) is 0.0766. The standard InChI is InChI=1S/C93H69N3O10/c1-9-25-67-49-75(41-33-59(67)17-1)97-86-84(105-92(103-81-47-39-65-23-7-15-31-73(65)55-81)90(101-79-45-37-63-21-5-13-29-71(63)53-79)88(86)99-77-43-35-61-19-3-11-27-69(61)51-77)58-96-57-83(94-95-96)85-87(98-76-42-34-60-18-2-10-26-68(60)50-76)89(100-78-44-36-62-20-4-12-28-70(62)52-78)91(102-80-46-38-64-22-6-14-30-72(64)54-80)93(106-85)104-82-48-40-66-24-8-16-32-74(66)56-82/h1-57,84-93H,58H2. The van der Waals surface area contributed by atoms with Gasteiger partial charge >= 0.3 is 0 Å². The summed E-state index contributed by atoms with van der Waals surface area (Å²) in [6.07, 6.45) is -8.29. The first-order valence-electron chi connectivity index (χ1n) is 35.8. The fourth-order valence-electron chi connectivity index (χ4n) is 14.9. The predicted octanol–water partition coefficient (Wildman–Crippen LogP) is 20.5. The van der Waals surface area contributed by atoms with E-state index in [2.05, 4.69) is 140 Å². The molecule has 0 spiro atoms. The molecule has 3 heterocycles. The molecule has 16 aromatic carbocycles. The zero-order valence-electron chi connectivity index (χ0n) is 57.3. The van der Waals surface area contributed by atoms with Gasteiger partial charge in [-0.1, -0.05) is 248 Å². The Morgan fingerprint density at radius 3 is 0.774 bits per heavy atom. The number of benzene rings is 16. The minimum atomic E-state index is -1.17. The van der Waals surface area contributed by atoms with Crippen LogP contribution in [-0.4, -0.2) is 70.3 Å². The Hall–Kier alpha value is -12.9. The van der Waals surface area contributed by atoms with Gasteiger partial charge in [0.05, 0.1) is 12.7 Å². The van der Waals surface area contributed by atoms with Gasteiger partial charge in [-0.3, -0.25) is 0 Å². The Labute approximate surface area is 610 Å². The molecule has 2 aliphatic heterocycles. The lowest BCUT2D eigenvalue weighted by atomic mass is 9.95. The molecule has 0 bridgehead atoms. The highest BCUT2D eigenvalue weighted by molar-refractivity contribution is 5.89. The number of aromatic nitrogens is 3. The smallest absolute Gasteiger partial charge is 0.241 e. The maximum atomic E-state index is 7.55. The van der Waals surface area contributed by atoms with Crippen molar-refractivity contribution < 1.29 is 47.4 Å². The lowest BCUT2D eigenvalue weighted by Gasteiger charge is -2.45. The van der Waals surface area contributed by atoms with Crippen LogP contribution in [0.4, 0.5) is 0 Å². The lowest BCUT2D eigenvalue weighted by molar-refractivity contribution is -0.259. The minimum Gasteiger partial charge on any atom is -0.484 e. The van der Waals surface area contributed by atoms with Crippen molar-refractivity contribution in [3.8, 4) is 46.0 Å². The van der Waals surface area contributed by atoms with Crippen molar-refractivity contribution in [1.82, 2.24) is 15.0 Å². The highest BCUT2D eigenvalue weighted by Gasteiger charge is 2.55. The topological polar surface area (TPSA) is 123 Å². The molecule has 10 atom stereocenters. The Kier molecular flexibility index (Phi) is 16.9. The fourth-order valence-corrected chi connectivity index (χ4v) is 14.9. The van der Waals surface area contributed by atoms with Crippen LogP contribution in [0.3, 0.4) is 0 Å². The molecule has 0 amide bonds. The van der Waals surface area contributed by atoms with E-state index < -0.39 is 61.4 Å². The second kappa shape index (κ2) is 28.0. The molecule has 0 saturated carbocycles. The van der Waals surface area contributed by atoms with Crippen LogP contribution >= 0.6 is 0 Å². The molecule has 0 N–H and O–H groups in total. The molecule has 13 nitrogen and oxygen atoms in total. The van der Waals surface area contributed by atoms with Gasteiger partial charge in [0.25, 0.3) is 0 Å². The third-order valence-electron chi connectivity index (χ3n) is 20.2. The Bertz CT molecular complexity index is 6090. The summed E-state index contributed by atoms with van der Waals surface area (Å²) in [6.45, 7) is 0.0494. The van der Waals surface area contributed by atoms with Crippen LogP contribution in [0.5, 0.6) is 46.0 Å². The van der Waals surface area contributed by atoms with E-state index in [0.717, 1.165) is 86.2 Å². The third-order valence-corrected chi connectivity index (χ3v) is 20.2. The van der Waals surface area contributed by atoms with Crippen molar-refractivity contribution in [2.24, 2.45) is 0 Å². The van der Waals surface area contributed by atoms with Gasteiger partial charge in [-0.05, 0) is 183 Å². The van der Waals surface area contributed by atoms with Gasteiger partial charge < -0.3 is 47.4 Å². The Morgan fingerprint density at radius 1 is 0.236 bits per heavy atom. The molecule has 10 unspecified atom stereocenters. The SMILES string of the molecule is c1ccc2cc(OC3OC(Cn4cc(C5OC(Oc6ccc7ccccc7c6)C(Oc6ccc7ccccc7c6)C(Oc6ccc7ccccc7c6)C5Oc5ccc6ccccc6c5)nn4)C(Oc4ccc5ccccc5c4)C(Oc4ccc5ccccc5c4)C3Oc3ccc4ccccc4c3)ccc2c1. The zero-order chi connectivity index (χ0) is 70.3. The van der Waals surface area contributed by atoms with Crippen molar-refractivity contribution in [3.05, 3.63) is 352 Å². The summed E-state index contributed by atoms with van der Waals surface area (Å²) in [5.74, 6) is 4.58. The predicted molar refractivity (Wildman–Crippen MR) is 416 cm³/mol. The molecule has 1 aromatic heterocycles. The molecule has 2 fully saturated rings. The fraction of sp³-hybridized carbons (Fsp3) is 0.118. The number of rotatable bonds is 19. The first-order chi connectivity index (χ1) is 52.4. The van der Waals surface area contributed by atoms with E-state index in [4.69, 9.17) is 57.7 Å². The van der Waals surface area contributed by atoms with Crippen LogP contribution in [-0.2, 0) is 16.0 Å². The maximum Gasteiger partial charge on any atom is 0.241 e. The van der Waals surface area contributed by atoms with Crippen molar-refractivity contribution in [2.75, 3.05) is 0 Å². The van der Waals surface area contributed by atoms with Gasteiger partial charge in [-0.2, -0.15) is 0 Å². The number of nitrogens with zero attached hydrogens (tertiary/aromatic N) is 3. The van der Waals surface area contributed by atoms with E-state index in [1.54, 1.807) is 4.68 Å². The minimum absolute atomic E-state index is 0.0494. The largest absolute Gasteiger partial charge is 0.484 e. The molecular formula is C93H69N3O10. The molecule has 2 saturated heterocycles. The second-order valence-corrected chi connectivity index (χ2v) is 27.1. The van der Waals surface area contributed by atoms with Gasteiger partial charge in [-0.25, -0.2) is 4.68 Å². The highest BCUT2D eigenvalue weighted by Crippen LogP contribution is 2.43. The van der Waals surface area contributed by atoms with E-state index in [1.165, 1.54) is 0 Å². The Balaban J connectivity index is 0.760. The summed E-state index contributed by atoms with van der Waals surface area (Å²) in [5, 5.41) is 26.5. The van der Waals surface area contributed by atoms with Gasteiger partial charge in [0.1, 0.15) is 63.9 Å². The number of hydrogen-bond donors (Lipinski definition) is 0. The number of ether oxygens (including phenoxy) is 10. The van der Waals surface area contributed by atoms with E-state index in [0.29, 0.717) is 51.7 Å². The summed E-state index contributed by atoms with van der Waals surface area (Å²) in [4.78, 5) is 0. The van der Waals surface area contributed by atoms with Gasteiger partial charge in [-0.15, -0.1) is 5.10 Å². The first kappa shape index (κ1) is 63.9. The number of hydrogen-bond acceptors (Lipinski definition) is 12. The van der Waals surface area contributed by atoms with Gasteiger partial charge in [0.2, 0.25) is 24.8 Å². The normalized spacial score (nSPS) is 20.2. The van der Waals surface area contributed by atoms with E-state index in [1.807, 2.05) is 206 Å². The van der Waals surface area contributed by atoms with E-state index in [-0.39, 0.29) is 6.54 Å². The lowest BCUT2D eigenvalue weighted by Crippen LogP contribution is -2.65. The average molecular weight is 1390 g/mol. The summed E-state index contributed by atoms with van der Waals surface area (Å²) < 4.78 is 76.1. The molecular weight excluding hydrogens is 1320 g/mol. The molecule has 106 heavy (non-hydrogen) atoms. The van der Waals surface area contributed by atoms with Crippen LogP contribution in [0.1, 0.15) is 11.8 Å². The van der Waals surface area contributed by atoms with Crippen LogP contribution in [0.15, 0.2) is 346 Å². The van der Waals surface area contributed by atoms with Gasteiger partial charge in [0, 0.05) is 0 Å². The van der Waals surface area contributed by atoms with Crippen molar-refractivity contribution in [2.45, 2.75) is 68.0 Å². The van der Waals surface area contributed by atoms with Crippen molar-refractivity contribution >= 4 is 86.2 Å². The molecule has 0 aliphatic carbocycles. The number of fused-ring (bicyclic) bond motifs is 8.